The molecule has 0 aliphatic rings. The van der Waals surface area contributed by atoms with Crippen molar-refractivity contribution in [2.24, 2.45) is 5.73 Å². The predicted molar refractivity (Wildman–Crippen MR) is 72.3 cm³/mol. The lowest BCUT2D eigenvalue weighted by Crippen LogP contribution is -2.53. The third kappa shape index (κ3) is 3.74. The van der Waals surface area contributed by atoms with Crippen LogP contribution in [0.1, 0.15) is 32.3 Å². The quantitative estimate of drug-likeness (QED) is 0.717. The topological polar surface area (TPSA) is 75.4 Å². The second-order valence-corrected chi connectivity index (χ2v) is 4.54. The van der Waals surface area contributed by atoms with Gasteiger partial charge in [-0.15, -0.1) is 0 Å². The van der Waals surface area contributed by atoms with E-state index in [-0.39, 0.29) is 11.7 Å². The third-order valence-corrected chi connectivity index (χ3v) is 3.35. The Bertz CT molecular complexity index is 383. The molecule has 0 atom stereocenters. The molecular weight excluding hydrogens is 228 g/mol. The van der Waals surface area contributed by atoms with E-state index >= 15 is 0 Å². The molecule has 1 rings (SSSR count). The van der Waals surface area contributed by atoms with Crippen LogP contribution in [-0.2, 0) is 11.2 Å². The Balaban J connectivity index is 2.42. The molecule has 0 spiro atoms. The monoisotopic (exact) mass is 250 g/mol. The van der Waals surface area contributed by atoms with Crippen LogP contribution in [-0.4, -0.2) is 23.1 Å². The first-order valence-corrected chi connectivity index (χ1v) is 6.37. The van der Waals surface area contributed by atoms with Gasteiger partial charge < -0.3 is 16.2 Å². The van der Waals surface area contributed by atoms with Gasteiger partial charge in [0, 0.05) is 6.54 Å². The molecule has 0 radical (unpaired) electrons. The number of hydrogen-bond donors (Lipinski definition) is 3. The maximum absolute atomic E-state index is 11.9. The standard InChI is InChI=1S/C14H22N2O2/c1-3-14(15,4-2)13(18)16-10-9-11-5-7-12(17)8-6-11/h5-8,17H,3-4,9-10,15H2,1-2H3,(H,16,18). The molecule has 0 aromatic heterocycles. The van der Waals surface area contributed by atoms with Gasteiger partial charge in [-0.1, -0.05) is 26.0 Å². The van der Waals surface area contributed by atoms with Crippen molar-refractivity contribution >= 4 is 5.91 Å². The van der Waals surface area contributed by atoms with Crippen LogP contribution in [0.15, 0.2) is 24.3 Å². The van der Waals surface area contributed by atoms with E-state index in [0.29, 0.717) is 19.4 Å². The molecule has 4 heteroatoms. The second-order valence-electron chi connectivity index (χ2n) is 4.54. The summed E-state index contributed by atoms with van der Waals surface area (Å²) in [5, 5.41) is 12.0. The molecule has 0 aliphatic carbocycles. The van der Waals surface area contributed by atoms with E-state index in [1.807, 2.05) is 26.0 Å². The molecule has 1 amide bonds. The summed E-state index contributed by atoms with van der Waals surface area (Å²) in [5.41, 5.74) is 6.31. The van der Waals surface area contributed by atoms with Crippen LogP contribution in [0.2, 0.25) is 0 Å². The van der Waals surface area contributed by atoms with E-state index < -0.39 is 5.54 Å². The first-order valence-electron chi connectivity index (χ1n) is 6.37. The van der Waals surface area contributed by atoms with Crippen molar-refractivity contribution in [1.29, 1.82) is 0 Å². The third-order valence-electron chi connectivity index (χ3n) is 3.35. The Morgan fingerprint density at radius 1 is 1.28 bits per heavy atom. The second kappa shape index (κ2) is 6.40. The van der Waals surface area contributed by atoms with Crippen molar-refractivity contribution in [3.63, 3.8) is 0 Å². The molecule has 100 valence electrons. The number of aromatic hydroxyl groups is 1. The number of hydrogen-bond acceptors (Lipinski definition) is 3. The normalized spacial score (nSPS) is 11.3. The molecule has 0 fully saturated rings. The first kappa shape index (κ1) is 14.5. The summed E-state index contributed by atoms with van der Waals surface area (Å²) in [6, 6.07) is 6.97. The fourth-order valence-corrected chi connectivity index (χ4v) is 1.73. The van der Waals surface area contributed by atoms with Crippen molar-refractivity contribution in [2.75, 3.05) is 6.54 Å². The lowest BCUT2D eigenvalue weighted by molar-refractivity contribution is -0.126. The van der Waals surface area contributed by atoms with Crippen LogP contribution in [0, 0.1) is 0 Å². The van der Waals surface area contributed by atoms with Crippen molar-refractivity contribution in [1.82, 2.24) is 5.32 Å². The van der Waals surface area contributed by atoms with Gasteiger partial charge in [-0.25, -0.2) is 0 Å². The van der Waals surface area contributed by atoms with Crippen LogP contribution < -0.4 is 11.1 Å². The minimum atomic E-state index is -0.755. The minimum Gasteiger partial charge on any atom is -0.508 e. The molecule has 18 heavy (non-hydrogen) atoms. The molecule has 0 saturated carbocycles. The zero-order valence-corrected chi connectivity index (χ0v) is 11.1. The fraction of sp³-hybridized carbons (Fsp3) is 0.500. The smallest absolute Gasteiger partial charge is 0.240 e. The molecule has 4 nitrogen and oxygen atoms in total. The minimum absolute atomic E-state index is 0.0914. The first-order chi connectivity index (χ1) is 8.51. The van der Waals surface area contributed by atoms with Gasteiger partial charge in [-0.05, 0) is 37.0 Å². The van der Waals surface area contributed by atoms with E-state index in [1.54, 1.807) is 12.1 Å². The van der Waals surface area contributed by atoms with E-state index in [0.717, 1.165) is 12.0 Å². The number of nitrogens with one attached hydrogen (secondary N) is 1. The summed E-state index contributed by atoms with van der Waals surface area (Å²) >= 11 is 0. The summed E-state index contributed by atoms with van der Waals surface area (Å²) in [7, 11) is 0. The predicted octanol–water partition coefficient (Wildman–Crippen LogP) is 1.57. The van der Waals surface area contributed by atoms with E-state index in [2.05, 4.69) is 5.32 Å². The Morgan fingerprint density at radius 3 is 2.33 bits per heavy atom. The largest absolute Gasteiger partial charge is 0.508 e. The number of amides is 1. The number of carbonyl (C=O) groups is 1. The number of benzene rings is 1. The van der Waals surface area contributed by atoms with Crippen molar-refractivity contribution < 1.29 is 9.90 Å². The highest BCUT2D eigenvalue weighted by Crippen LogP contribution is 2.12. The van der Waals surface area contributed by atoms with Gasteiger partial charge in [0.1, 0.15) is 5.75 Å². The average Bonchev–Trinajstić information content (AvgIpc) is 2.40. The van der Waals surface area contributed by atoms with Gasteiger partial charge in [0.05, 0.1) is 5.54 Å². The zero-order chi connectivity index (χ0) is 13.6. The van der Waals surface area contributed by atoms with Gasteiger partial charge in [0.2, 0.25) is 5.91 Å². The van der Waals surface area contributed by atoms with Crippen LogP contribution in [0.3, 0.4) is 0 Å². The van der Waals surface area contributed by atoms with Crippen LogP contribution in [0.5, 0.6) is 5.75 Å². The highest BCUT2D eigenvalue weighted by Gasteiger charge is 2.29. The highest BCUT2D eigenvalue weighted by molar-refractivity contribution is 5.85. The zero-order valence-electron chi connectivity index (χ0n) is 11.1. The van der Waals surface area contributed by atoms with Gasteiger partial charge in [-0.3, -0.25) is 4.79 Å². The average molecular weight is 250 g/mol. The molecule has 4 N–H and O–H groups in total. The molecule has 0 aliphatic heterocycles. The molecule has 0 bridgehead atoms. The van der Waals surface area contributed by atoms with Crippen LogP contribution in [0.25, 0.3) is 0 Å². The van der Waals surface area contributed by atoms with Gasteiger partial charge in [-0.2, -0.15) is 0 Å². The molecule has 1 aromatic rings. The summed E-state index contributed by atoms with van der Waals surface area (Å²) in [6.07, 6.45) is 2.00. The highest BCUT2D eigenvalue weighted by atomic mass is 16.3. The SMILES string of the molecule is CCC(N)(CC)C(=O)NCCc1ccc(O)cc1. The maximum Gasteiger partial charge on any atom is 0.240 e. The number of nitrogens with two attached hydrogens (primary N) is 1. The Hall–Kier alpha value is -1.55. The van der Waals surface area contributed by atoms with Gasteiger partial charge in [0.25, 0.3) is 0 Å². The molecule has 0 saturated heterocycles. The summed E-state index contributed by atoms with van der Waals surface area (Å²) in [5.74, 6) is 0.159. The van der Waals surface area contributed by atoms with Crippen molar-refractivity contribution in [3.05, 3.63) is 29.8 Å². The van der Waals surface area contributed by atoms with E-state index in [9.17, 15) is 4.79 Å². The van der Waals surface area contributed by atoms with Crippen LogP contribution >= 0.6 is 0 Å². The summed E-state index contributed by atoms with van der Waals surface area (Å²) in [6.45, 7) is 4.40. The number of rotatable bonds is 6. The number of phenols is 1. The number of carbonyl (C=O) groups excluding carboxylic acids is 1. The Kier molecular flexibility index (Phi) is 5.16. The van der Waals surface area contributed by atoms with Gasteiger partial charge >= 0.3 is 0 Å². The van der Waals surface area contributed by atoms with Crippen molar-refractivity contribution in [2.45, 2.75) is 38.6 Å². The fourth-order valence-electron chi connectivity index (χ4n) is 1.73. The lowest BCUT2D eigenvalue weighted by atomic mass is 9.93. The van der Waals surface area contributed by atoms with Crippen LogP contribution in [0.4, 0.5) is 0 Å². The molecule has 1 aromatic carbocycles. The van der Waals surface area contributed by atoms with Crippen molar-refractivity contribution in [3.8, 4) is 5.75 Å². The Labute approximate surface area is 108 Å². The molecule has 0 heterocycles. The van der Waals surface area contributed by atoms with E-state index in [1.165, 1.54) is 0 Å². The number of phenolic OH excluding ortho intramolecular Hbond substituents is 1. The Morgan fingerprint density at radius 2 is 1.83 bits per heavy atom. The molecule has 0 unspecified atom stereocenters. The lowest BCUT2D eigenvalue weighted by Gasteiger charge is -2.25. The molecular formula is C14H22N2O2. The summed E-state index contributed by atoms with van der Waals surface area (Å²) in [4.78, 5) is 11.9. The van der Waals surface area contributed by atoms with E-state index in [4.69, 9.17) is 10.8 Å². The maximum atomic E-state index is 11.9. The summed E-state index contributed by atoms with van der Waals surface area (Å²) < 4.78 is 0. The van der Waals surface area contributed by atoms with Gasteiger partial charge in [0.15, 0.2) is 0 Å².